The minimum absolute atomic E-state index is 0.183. The third-order valence-electron chi connectivity index (χ3n) is 4.17. The van der Waals surface area contributed by atoms with Crippen LogP contribution in [0.15, 0.2) is 65.8 Å². The number of hydrogen-bond donors (Lipinski definition) is 1. The molecule has 0 radical (unpaired) electrons. The lowest BCUT2D eigenvalue weighted by molar-refractivity contribution is -0.123. The molecule has 32 heavy (non-hydrogen) atoms. The van der Waals surface area contributed by atoms with Crippen LogP contribution in [0.5, 0.6) is 17.2 Å². The second-order valence-electron chi connectivity index (χ2n) is 6.47. The summed E-state index contributed by atoms with van der Waals surface area (Å²) in [6, 6.07) is 17.2. The molecule has 0 aliphatic heterocycles. The highest BCUT2D eigenvalue weighted by Gasteiger charge is 2.08. The molecule has 0 heterocycles. The Hall–Kier alpha value is -2.93. The highest BCUT2D eigenvalue weighted by molar-refractivity contribution is 6.35. The molecule has 3 aromatic carbocycles. The Balaban J connectivity index is 1.57. The van der Waals surface area contributed by atoms with Gasteiger partial charge in [0.05, 0.1) is 13.3 Å². The average Bonchev–Trinajstić information content (AvgIpc) is 2.78. The summed E-state index contributed by atoms with van der Waals surface area (Å²) in [7, 11) is 1.55. The van der Waals surface area contributed by atoms with Crippen molar-refractivity contribution in [1.29, 1.82) is 0 Å². The predicted octanol–water partition coefficient (Wildman–Crippen LogP) is 5.76. The van der Waals surface area contributed by atoms with Crippen LogP contribution in [-0.4, -0.2) is 25.8 Å². The van der Waals surface area contributed by atoms with Gasteiger partial charge < -0.3 is 14.2 Å². The average molecular weight is 494 g/mol. The van der Waals surface area contributed by atoms with Crippen molar-refractivity contribution < 1.29 is 19.0 Å². The van der Waals surface area contributed by atoms with E-state index in [9.17, 15) is 4.79 Å². The zero-order valence-corrected chi connectivity index (χ0v) is 19.2. The van der Waals surface area contributed by atoms with Crippen LogP contribution < -0.4 is 19.6 Å². The number of methoxy groups -OCH3 is 1. The number of carbonyl (C=O) groups is 1. The lowest BCUT2D eigenvalue weighted by Gasteiger charge is -2.12. The SMILES string of the molecule is COc1ccc(/C=N/NC(=O)COc2ccc(Cl)cc2)cc1OCc1ccc(Cl)cc1Cl. The van der Waals surface area contributed by atoms with Crippen LogP contribution >= 0.6 is 34.8 Å². The molecule has 0 unspecified atom stereocenters. The van der Waals surface area contributed by atoms with Crippen molar-refractivity contribution in [2.24, 2.45) is 5.10 Å². The van der Waals surface area contributed by atoms with Gasteiger partial charge in [-0.2, -0.15) is 5.10 Å². The molecular formula is C23H19Cl3N2O4. The van der Waals surface area contributed by atoms with E-state index in [2.05, 4.69) is 10.5 Å². The van der Waals surface area contributed by atoms with E-state index in [0.29, 0.717) is 37.9 Å². The fraction of sp³-hybridized carbons (Fsp3) is 0.130. The first-order valence-electron chi connectivity index (χ1n) is 9.39. The van der Waals surface area contributed by atoms with E-state index < -0.39 is 5.91 Å². The first-order chi connectivity index (χ1) is 15.4. The van der Waals surface area contributed by atoms with Gasteiger partial charge in [-0.1, -0.05) is 40.9 Å². The Morgan fingerprint density at radius 3 is 2.41 bits per heavy atom. The van der Waals surface area contributed by atoms with E-state index in [1.807, 2.05) is 0 Å². The van der Waals surface area contributed by atoms with Crippen molar-refractivity contribution in [3.05, 3.63) is 86.9 Å². The van der Waals surface area contributed by atoms with E-state index in [1.54, 1.807) is 67.8 Å². The first kappa shape index (κ1) is 23.7. The highest BCUT2D eigenvalue weighted by atomic mass is 35.5. The third kappa shape index (κ3) is 7.05. The molecule has 166 valence electrons. The standard InChI is InChI=1S/C23H19Cl3N2O4/c1-30-21-9-2-15(10-22(21)32-13-16-3-4-18(25)11-20(16)26)12-27-28-23(29)14-31-19-7-5-17(24)6-8-19/h2-12H,13-14H2,1H3,(H,28,29)/b27-12+. The zero-order chi connectivity index (χ0) is 22.9. The van der Waals surface area contributed by atoms with Gasteiger partial charge in [0, 0.05) is 20.6 Å². The summed E-state index contributed by atoms with van der Waals surface area (Å²) in [4.78, 5) is 11.9. The Morgan fingerprint density at radius 2 is 1.69 bits per heavy atom. The highest BCUT2D eigenvalue weighted by Crippen LogP contribution is 2.30. The summed E-state index contributed by atoms with van der Waals surface area (Å²) < 4.78 is 16.6. The number of ether oxygens (including phenoxy) is 3. The minimum atomic E-state index is -0.404. The number of benzene rings is 3. The van der Waals surface area contributed by atoms with E-state index in [4.69, 9.17) is 49.0 Å². The molecule has 0 spiro atoms. The van der Waals surface area contributed by atoms with Gasteiger partial charge in [0.15, 0.2) is 18.1 Å². The van der Waals surface area contributed by atoms with Gasteiger partial charge in [0.1, 0.15) is 12.4 Å². The fourth-order valence-electron chi connectivity index (χ4n) is 2.57. The maximum atomic E-state index is 11.9. The summed E-state index contributed by atoms with van der Waals surface area (Å²) in [6.07, 6.45) is 1.49. The van der Waals surface area contributed by atoms with E-state index in [0.717, 1.165) is 5.56 Å². The number of carbonyl (C=O) groups excluding carboxylic acids is 1. The Kier molecular flexibility index (Phi) is 8.62. The molecule has 0 saturated carbocycles. The molecule has 1 amide bonds. The number of rotatable bonds is 9. The second-order valence-corrected chi connectivity index (χ2v) is 7.75. The van der Waals surface area contributed by atoms with Crippen molar-refractivity contribution in [3.63, 3.8) is 0 Å². The molecule has 1 N–H and O–H groups in total. The smallest absolute Gasteiger partial charge is 0.277 e. The van der Waals surface area contributed by atoms with Crippen molar-refractivity contribution in [2.45, 2.75) is 6.61 Å². The van der Waals surface area contributed by atoms with Gasteiger partial charge in [0.2, 0.25) is 0 Å². The zero-order valence-electron chi connectivity index (χ0n) is 17.0. The van der Waals surface area contributed by atoms with Crippen LogP contribution in [0.2, 0.25) is 15.1 Å². The molecule has 0 saturated heterocycles. The topological polar surface area (TPSA) is 69.2 Å². The molecule has 0 aliphatic rings. The number of halogens is 3. The first-order valence-corrected chi connectivity index (χ1v) is 10.5. The minimum Gasteiger partial charge on any atom is -0.493 e. The molecule has 0 fully saturated rings. The lowest BCUT2D eigenvalue weighted by atomic mass is 10.2. The molecule has 3 rings (SSSR count). The second kappa shape index (κ2) is 11.6. The van der Waals surface area contributed by atoms with E-state index in [-0.39, 0.29) is 13.2 Å². The van der Waals surface area contributed by atoms with Crippen molar-refractivity contribution in [1.82, 2.24) is 5.43 Å². The van der Waals surface area contributed by atoms with Crippen LogP contribution in [0, 0.1) is 0 Å². The summed E-state index contributed by atoms with van der Waals surface area (Å²) in [5, 5.41) is 5.60. The Bertz CT molecular complexity index is 1100. The van der Waals surface area contributed by atoms with Gasteiger partial charge in [-0.25, -0.2) is 5.43 Å². The maximum absolute atomic E-state index is 11.9. The molecule has 9 heteroatoms. The fourth-order valence-corrected chi connectivity index (χ4v) is 3.16. The molecule has 0 bridgehead atoms. The van der Waals surface area contributed by atoms with Crippen LogP contribution in [0.4, 0.5) is 0 Å². The largest absolute Gasteiger partial charge is 0.493 e. The van der Waals surface area contributed by atoms with Crippen LogP contribution in [-0.2, 0) is 11.4 Å². The number of nitrogens with zero attached hydrogens (tertiary/aromatic N) is 1. The monoisotopic (exact) mass is 492 g/mol. The number of nitrogens with one attached hydrogen (secondary N) is 1. The van der Waals surface area contributed by atoms with E-state index >= 15 is 0 Å². The van der Waals surface area contributed by atoms with Gasteiger partial charge in [-0.05, 0) is 60.2 Å². The normalized spacial score (nSPS) is 10.8. The summed E-state index contributed by atoms with van der Waals surface area (Å²) in [6.45, 7) is 0.0452. The Morgan fingerprint density at radius 1 is 0.938 bits per heavy atom. The van der Waals surface area contributed by atoms with Crippen molar-refractivity contribution in [3.8, 4) is 17.2 Å². The van der Waals surface area contributed by atoms with Crippen LogP contribution in [0.1, 0.15) is 11.1 Å². The number of hydrazone groups is 1. The molecule has 3 aromatic rings. The van der Waals surface area contributed by atoms with Crippen molar-refractivity contribution >= 4 is 46.9 Å². The van der Waals surface area contributed by atoms with Crippen LogP contribution in [0.25, 0.3) is 0 Å². The van der Waals surface area contributed by atoms with Crippen molar-refractivity contribution in [2.75, 3.05) is 13.7 Å². The molecular weight excluding hydrogens is 475 g/mol. The number of hydrogen-bond acceptors (Lipinski definition) is 5. The molecule has 0 atom stereocenters. The summed E-state index contributed by atoms with van der Waals surface area (Å²) in [5.74, 6) is 1.18. The molecule has 0 aromatic heterocycles. The third-order valence-corrected chi connectivity index (χ3v) is 5.01. The van der Waals surface area contributed by atoms with Crippen LogP contribution in [0.3, 0.4) is 0 Å². The van der Waals surface area contributed by atoms with Gasteiger partial charge in [0.25, 0.3) is 5.91 Å². The maximum Gasteiger partial charge on any atom is 0.277 e. The van der Waals surface area contributed by atoms with E-state index in [1.165, 1.54) is 6.21 Å². The lowest BCUT2D eigenvalue weighted by Crippen LogP contribution is -2.24. The van der Waals surface area contributed by atoms with Gasteiger partial charge >= 0.3 is 0 Å². The van der Waals surface area contributed by atoms with Gasteiger partial charge in [-0.3, -0.25) is 4.79 Å². The molecule has 6 nitrogen and oxygen atoms in total. The predicted molar refractivity (Wildman–Crippen MR) is 126 cm³/mol. The van der Waals surface area contributed by atoms with Gasteiger partial charge in [-0.15, -0.1) is 0 Å². The Labute approximate surface area is 200 Å². The summed E-state index contributed by atoms with van der Waals surface area (Å²) in [5.41, 5.74) is 3.89. The molecule has 0 aliphatic carbocycles. The quantitative estimate of drug-likeness (QED) is 0.304. The number of amides is 1. The summed E-state index contributed by atoms with van der Waals surface area (Å²) >= 11 is 17.9.